The molecule has 0 unspecified atom stereocenters. The minimum atomic E-state index is -0.341. The fourth-order valence-electron chi connectivity index (χ4n) is 1.76. The van der Waals surface area contributed by atoms with Crippen LogP contribution in [-0.2, 0) is 4.74 Å². The molecule has 1 aromatic heterocycles. The monoisotopic (exact) mass is 302 g/mol. The molecule has 1 heterocycles. The highest BCUT2D eigenvalue weighted by Crippen LogP contribution is 2.17. The number of hydrogen-bond donors (Lipinski definition) is 3. The van der Waals surface area contributed by atoms with Crippen molar-refractivity contribution >= 4 is 23.3 Å². The lowest BCUT2D eigenvalue weighted by molar-refractivity contribution is 0.0526. The average Bonchev–Trinajstić information content (AvgIpc) is 2.54. The van der Waals surface area contributed by atoms with Crippen molar-refractivity contribution in [2.45, 2.75) is 6.92 Å². The number of nitrogens with zero attached hydrogens (tertiary/aromatic N) is 2. The van der Waals surface area contributed by atoms with E-state index in [1.54, 1.807) is 37.3 Å². The van der Waals surface area contributed by atoms with Gasteiger partial charge in [-0.05, 0) is 31.2 Å². The van der Waals surface area contributed by atoms with E-state index in [4.69, 9.17) is 9.84 Å². The van der Waals surface area contributed by atoms with Crippen molar-refractivity contribution < 1.29 is 14.6 Å². The van der Waals surface area contributed by atoms with E-state index < -0.39 is 0 Å². The summed E-state index contributed by atoms with van der Waals surface area (Å²) in [6.45, 7) is 2.57. The van der Waals surface area contributed by atoms with Gasteiger partial charge in [-0.15, -0.1) is 0 Å². The summed E-state index contributed by atoms with van der Waals surface area (Å²) in [5.41, 5.74) is 1.29. The smallest absolute Gasteiger partial charge is 0.338 e. The summed E-state index contributed by atoms with van der Waals surface area (Å²) >= 11 is 0. The van der Waals surface area contributed by atoms with Crippen LogP contribution >= 0.6 is 0 Å². The number of carbonyl (C=O) groups excluding carboxylic acids is 1. The Morgan fingerprint density at radius 3 is 2.64 bits per heavy atom. The normalized spacial score (nSPS) is 10.1. The summed E-state index contributed by atoms with van der Waals surface area (Å²) < 4.78 is 4.93. The molecule has 0 atom stereocenters. The molecule has 7 nitrogen and oxygen atoms in total. The summed E-state index contributed by atoms with van der Waals surface area (Å²) in [5.74, 6) is 0.889. The maximum absolute atomic E-state index is 11.6. The number of carbonyl (C=O) groups is 1. The van der Waals surface area contributed by atoms with Gasteiger partial charge in [-0.2, -0.15) is 0 Å². The molecular formula is C15H18N4O3. The fourth-order valence-corrected chi connectivity index (χ4v) is 1.76. The molecule has 2 rings (SSSR count). The van der Waals surface area contributed by atoms with E-state index in [1.807, 2.05) is 0 Å². The third-order valence-electron chi connectivity index (χ3n) is 2.75. The lowest BCUT2D eigenvalue weighted by Crippen LogP contribution is -2.07. The van der Waals surface area contributed by atoms with Crippen LogP contribution in [0.5, 0.6) is 0 Å². The van der Waals surface area contributed by atoms with E-state index in [-0.39, 0.29) is 12.6 Å². The number of benzene rings is 1. The minimum absolute atomic E-state index is 0.0298. The average molecular weight is 302 g/mol. The van der Waals surface area contributed by atoms with Gasteiger partial charge in [0.25, 0.3) is 0 Å². The minimum Gasteiger partial charge on any atom is -0.462 e. The van der Waals surface area contributed by atoms with Gasteiger partial charge in [-0.3, -0.25) is 0 Å². The predicted octanol–water partition coefficient (Wildman–Crippen LogP) is 1.80. The summed E-state index contributed by atoms with van der Waals surface area (Å²) in [6.07, 6.45) is 1.43. The van der Waals surface area contributed by atoms with Gasteiger partial charge in [-0.25, -0.2) is 14.8 Å². The largest absolute Gasteiger partial charge is 0.462 e. The van der Waals surface area contributed by atoms with Crippen molar-refractivity contribution in [2.24, 2.45) is 0 Å². The van der Waals surface area contributed by atoms with Crippen molar-refractivity contribution in [3.63, 3.8) is 0 Å². The zero-order valence-corrected chi connectivity index (χ0v) is 12.2. The zero-order chi connectivity index (χ0) is 15.8. The molecule has 0 aliphatic rings. The van der Waals surface area contributed by atoms with E-state index in [2.05, 4.69) is 20.6 Å². The van der Waals surface area contributed by atoms with Crippen LogP contribution in [0.1, 0.15) is 17.3 Å². The van der Waals surface area contributed by atoms with Gasteiger partial charge in [0.1, 0.15) is 18.0 Å². The highest BCUT2D eigenvalue weighted by molar-refractivity contribution is 5.89. The second-order valence-electron chi connectivity index (χ2n) is 4.36. The van der Waals surface area contributed by atoms with Crippen LogP contribution in [0.2, 0.25) is 0 Å². The molecule has 2 aromatic rings. The first-order chi connectivity index (χ1) is 10.7. The van der Waals surface area contributed by atoms with E-state index in [1.165, 1.54) is 6.33 Å². The van der Waals surface area contributed by atoms with Crippen LogP contribution in [0.25, 0.3) is 0 Å². The Hall–Kier alpha value is -2.67. The molecule has 3 N–H and O–H groups in total. The number of esters is 1. The van der Waals surface area contributed by atoms with Crippen LogP contribution in [-0.4, -0.2) is 40.8 Å². The number of nitrogens with one attached hydrogen (secondary N) is 2. The SMILES string of the molecule is CCOC(=O)c1ccc(Nc2cc(NCCO)ncn2)cc1. The molecule has 0 saturated heterocycles. The quantitative estimate of drug-likeness (QED) is 0.671. The van der Waals surface area contributed by atoms with Gasteiger partial charge < -0.3 is 20.5 Å². The Labute approximate surface area is 128 Å². The van der Waals surface area contributed by atoms with Gasteiger partial charge >= 0.3 is 5.97 Å². The van der Waals surface area contributed by atoms with Gasteiger partial charge in [0.15, 0.2) is 0 Å². The topological polar surface area (TPSA) is 96.4 Å². The molecule has 0 amide bonds. The maximum Gasteiger partial charge on any atom is 0.338 e. The lowest BCUT2D eigenvalue weighted by atomic mass is 10.2. The highest BCUT2D eigenvalue weighted by atomic mass is 16.5. The van der Waals surface area contributed by atoms with Crippen molar-refractivity contribution in [3.8, 4) is 0 Å². The summed E-state index contributed by atoms with van der Waals surface area (Å²) in [4.78, 5) is 19.7. The summed E-state index contributed by atoms with van der Waals surface area (Å²) in [7, 11) is 0. The van der Waals surface area contributed by atoms with E-state index >= 15 is 0 Å². The maximum atomic E-state index is 11.6. The first kappa shape index (κ1) is 15.7. The van der Waals surface area contributed by atoms with Crippen molar-refractivity contribution in [1.82, 2.24) is 9.97 Å². The van der Waals surface area contributed by atoms with Crippen LogP contribution in [0, 0.1) is 0 Å². The number of ether oxygens (including phenoxy) is 1. The highest BCUT2D eigenvalue weighted by Gasteiger charge is 2.06. The zero-order valence-electron chi connectivity index (χ0n) is 12.2. The number of rotatable bonds is 7. The van der Waals surface area contributed by atoms with Gasteiger partial charge in [0.05, 0.1) is 18.8 Å². The van der Waals surface area contributed by atoms with Crippen LogP contribution in [0.15, 0.2) is 36.7 Å². The number of aliphatic hydroxyl groups excluding tert-OH is 1. The molecule has 0 aliphatic heterocycles. The van der Waals surface area contributed by atoms with Crippen LogP contribution in [0.4, 0.5) is 17.3 Å². The molecule has 7 heteroatoms. The Balaban J connectivity index is 2.03. The molecular weight excluding hydrogens is 284 g/mol. The van der Waals surface area contributed by atoms with Crippen LogP contribution in [0.3, 0.4) is 0 Å². The summed E-state index contributed by atoms with van der Waals surface area (Å²) in [5, 5.41) is 14.9. The molecule has 0 fully saturated rings. The molecule has 116 valence electrons. The first-order valence-corrected chi connectivity index (χ1v) is 6.94. The van der Waals surface area contributed by atoms with Crippen LogP contribution < -0.4 is 10.6 Å². The molecule has 0 saturated carbocycles. The van der Waals surface area contributed by atoms with E-state index in [0.29, 0.717) is 30.4 Å². The fraction of sp³-hybridized carbons (Fsp3) is 0.267. The molecule has 1 aromatic carbocycles. The van der Waals surface area contributed by atoms with Crippen molar-refractivity contribution in [3.05, 3.63) is 42.2 Å². The van der Waals surface area contributed by atoms with Gasteiger partial charge in [-0.1, -0.05) is 0 Å². The van der Waals surface area contributed by atoms with Crippen molar-refractivity contribution in [1.29, 1.82) is 0 Å². The Morgan fingerprint density at radius 2 is 1.95 bits per heavy atom. The second kappa shape index (κ2) is 7.94. The third-order valence-corrected chi connectivity index (χ3v) is 2.75. The summed E-state index contributed by atoms with van der Waals surface area (Å²) in [6, 6.07) is 8.65. The van der Waals surface area contributed by atoms with E-state index in [9.17, 15) is 4.79 Å². The predicted molar refractivity (Wildman–Crippen MR) is 83.3 cm³/mol. The van der Waals surface area contributed by atoms with Gasteiger partial charge in [0.2, 0.25) is 0 Å². The molecule has 0 spiro atoms. The first-order valence-electron chi connectivity index (χ1n) is 6.94. The third kappa shape index (κ3) is 4.42. The van der Waals surface area contributed by atoms with Gasteiger partial charge in [0, 0.05) is 18.3 Å². The molecule has 0 aliphatic carbocycles. The second-order valence-corrected chi connectivity index (χ2v) is 4.36. The number of hydrogen-bond acceptors (Lipinski definition) is 7. The van der Waals surface area contributed by atoms with E-state index in [0.717, 1.165) is 5.69 Å². The Morgan fingerprint density at radius 1 is 1.23 bits per heavy atom. The number of aliphatic hydroxyl groups is 1. The molecule has 22 heavy (non-hydrogen) atoms. The number of aromatic nitrogens is 2. The molecule has 0 radical (unpaired) electrons. The lowest BCUT2D eigenvalue weighted by Gasteiger charge is -2.08. The number of anilines is 3. The Kier molecular flexibility index (Phi) is 5.67. The Bertz CT molecular complexity index is 616. The standard InChI is InChI=1S/C15H18N4O3/c1-2-22-15(21)11-3-5-12(6-4-11)19-14-9-13(16-7-8-20)17-10-18-14/h3-6,9-10,20H,2,7-8H2,1H3,(H2,16,17,18,19). The molecule has 0 bridgehead atoms. The van der Waals surface area contributed by atoms with Crippen molar-refractivity contribution in [2.75, 3.05) is 30.4 Å².